The van der Waals surface area contributed by atoms with E-state index in [1.165, 1.54) is 6.07 Å². The largest absolute Gasteiger partial charge is 0.320 e. The zero-order chi connectivity index (χ0) is 13.4. The van der Waals surface area contributed by atoms with Crippen LogP contribution < -0.4 is 5.73 Å². The molecule has 1 heterocycles. The van der Waals surface area contributed by atoms with Gasteiger partial charge in [-0.3, -0.25) is 0 Å². The second kappa shape index (κ2) is 5.13. The van der Waals surface area contributed by atoms with Crippen LogP contribution in [0.5, 0.6) is 0 Å². The third kappa shape index (κ3) is 2.52. The smallest absolute Gasteiger partial charge is 0.131 e. The predicted octanol–water partition coefficient (Wildman–Crippen LogP) is 4.69. The average molecular weight is 308 g/mol. The van der Waals surface area contributed by atoms with E-state index < -0.39 is 17.7 Å². The Morgan fingerprint density at radius 3 is 2.33 bits per heavy atom. The van der Waals surface area contributed by atoms with Gasteiger partial charge in [-0.25, -0.2) is 8.78 Å². The van der Waals surface area contributed by atoms with Gasteiger partial charge in [0, 0.05) is 17.2 Å². The minimum absolute atomic E-state index is 0.199. The summed E-state index contributed by atoms with van der Waals surface area (Å²) in [7, 11) is 0. The van der Waals surface area contributed by atoms with E-state index in [2.05, 4.69) is 0 Å². The number of hydrogen-bond acceptors (Lipinski definition) is 2. The van der Waals surface area contributed by atoms with Crippen LogP contribution in [0, 0.1) is 18.6 Å². The molecule has 0 spiro atoms. The molecule has 0 aliphatic carbocycles. The summed E-state index contributed by atoms with van der Waals surface area (Å²) in [4.78, 5) is 0. The molecule has 1 nitrogen and oxygen atoms in total. The van der Waals surface area contributed by atoms with Crippen molar-refractivity contribution in [3.8, 4) is 0 Å². The molecule has 1 aromatic heterocycles. The molecule has 0 aliphatic heterocycles. The van der Waals surface area contributed by atoms with Crippen LogP contribution in [-0.4, -0.2) is 0 Å². The molecule has 1 unspecified atom stereocenters. The van der Waals surface area contributed by atoms with Gasteiger partial charge >= 0.3 is 0 Å². The molecular weight excluding hydrogens is 299 g/mol. The molecule has 0 fully saturated rings. The first-order valence-electron chi connectivity index (χ1n) is 5.06. The number of aryl methyl sites for hydroxylation is 1. The van der Waals surface area contributed by atoms with Crippen LogP contribution in [0.1, 0.15) is 22.7 Å². The highest BCUT2D eigenvalue weighted by Gasteiger charge is 2.20. The van der Waals surface area contributed by atoms with Gasteiger partial charge in [0.05, 0.1) is 14.7 Å². The number of thiophene rings is 1. The van der Waals surface area contributed by atoms with Gasteiger partial charge in [-0.05, 0) is 24.6 Å². The summed E-state index contributed by atoms with van der Waals surface area (Å²) in [5, 5.41) is 0. The van der Waals surface area contributed by atoms with Gasteiger partial charge in [-0.15, -0.1) is 11.3 Å². The molecular formula is C12H9Cl2F2NS. The Labute approximate surface area is 117 Å². The number of nitrogens with two attached hydrogens (primary N) is 1. The minimum Gasteiger partial charge on any atom is -0.320 e. The van der Waals surface area contributed by atoms with E-state index in [0.717, 1.165) is 17.4 Å². The highest BCUT2D eigenvalue weighted by Crippen LogP contribution is 2.37. The topological polar surface area (TPSA) is 26.0 Å². The van der Waals surface area contributed by atoms with Crippen molar-refractivity contribution in [1.29, 1.82) is 0 Å². The SMILES string of the molecule is Cc1cc(C(N)c2cc(Cl)sc2Cl)c(F)cc1F. The molecule has 96 valence electrons. The van der Waals surface area contributed by atoms with Crippen molar-refractivity contribution in [3.63, 3.8) is 0 Å². The van der Waals surface area contributed by atoms with E-state index in [-0.39, 0.29) is 5.56 Å². The van der Waals surface area contributed by atoms with Crippen molar-refractivity contribution in [3.05, 3.63) is 55.2 Å². The van der Waals surface area contributed by atoms with E-state index in [0.29, 0.717) is 19.8 Å². The second-order valence-electron chi connectivity index (χ2n) is 3.88. The van der Waals surface area contributed by atoms with Crippen LogP contribution in [0.4, 0.5) is 8.78 Å². The number of benzene rings is 1. The Bertz CT molecular complexity index is 598. The van der Waals surface area contributed by atoms with Crippen molar-refractivity contribution in [2.45, 2.75) is 13.0 Å². The Kier molecular flexibility index (Phi) is 3.92. The summed E-state index contributed by atoms with van der Waals surface area (Å²) in [6.45, 7) is 1.55. The predicted molar refractivity (Wildman–Crippen MR) is 71.5 cm³/mol. The van der Waals surface area contributed by atoms with Crippen molar-refractivity contribution in [2.75, 3.05) is 0 Å². The second-order valence-corrected chi connectivity index (χ2v) is 6.17. The first kappa shape index (κ1) is 13.7. The maximum Gasteiger partial charge on any atom is 0.131 e. The molecule has 0 amide bonds. The summed E-state index contributed by atoms with van der Waals surface area (Å²) in [6, 6.07) is 3.04. The van der Waals surface area contributed by atoms with Gasteiger partial charge < -0.3 is 5.73 Å². The third-order valence-electron chi connectivity index (χ3n) is 2.63. The van der Waals surface area contributed by atoms with Gasteiger partial charge in [-0.2, -0.15) is 0 Å². The first-order chi connectivity index (χ1) is 8.40. The van der Waals surface area contributed by atoms with Gasteiger partial charge in [0.15, 0.2) is 0 Å². The number of rotatable bonds is 2. The van der Waals surface area contributed by atoms with Crippen LogP contribution in [0.2, 0.25) is 8.67 Å². The van der Waals surface area contributed by atoms with Crippen LogP contribution in [-0.2, 0) is 0 Å². The molecule has 1 aromatic carbocycles. The summed E-state index contributed by atoms with van der Waals surface area (Å²) >= 11 is 12.9. The standard InChI is InChI=1S/C12H9Cl2F2NS/c1-5-2-6(9(16)4-8(5)15)11(17)7-3-10(13)18-12(7)14/h2-4,11H,17H2,1H3. The molecule has 0 bridgehead atoms. The lowest BCUT2D eigenvalue weighted by molar-refractivity contribution is 0.561. The first-order valence-corrected chi connectivity index (χ1v) is 6.63. The molecule has 0 saturated carbocycles. The van der Waals surface area contributed by atoms with E-state index in [1.807, 2.05) is 0 Å². The normalized spacial score (nSPS) is 12.8. The molecule has 18 heavy (non-hydrogen) atoms. The molecule has 2 N–H and O–H groups in total. The third-order valence-corrected chi connectivity index (χ3v) is 4.15. The molecule has 2 rings (SSSR count). The van der Waals surface area contributed by atoms with Crippen LogP contribution in [0.15, 0.2) is 18.2 Å². The highest BCUT2D eigenvalue weighted by molar-refractivity contribution is 7.20. The van der Waals surface area contributed by atoms with Gasteiger partial charge in [0.1, 0.15) is 11.6 Å². The Hall–Kier alpha value is -0.680. The van der Waals surface area contributed by atoms with Gasteiger partial charge in [-0.1, -0.05) is 23.2 Å². The fourth-order valence-electron chi connectivity index (χ4n) is 1.65. The highest BCUT2D eigenvalue weighted by atomic mass is 35.5. The monoisotopic (exact) mass is 307 g/mol. The zero-order valence-corrected chi connectivity index (χ0v) is 11.6. The quantitative estimate of drug-likeness (QED) is 0.856. The van der Waals surface area contributed by atoms with Gasteiger partial charge in [0.2, 0.25) is 0 Å². The van der Waals surface area contributed by atoms with Crippen molar-refractivity contribution >= 4 is 34.5 Å². The number of halogens is 4. The minimum atomic E-state index is -0.763. The molecule has 0 saturated heterocycles. The molecule has 0 aliphatic rings. The Morgan fingerprint density at radius 2 is 1.78 bits per heavy atom. The number of hydrogen-bond donors (Lipinski definition) is 1. The van der Waals surface area contributed by atoms with E-state index in [1.54, 1.807) is 13.0 Å². The zero-order valence-electron chi connectivity index (χ0n) is 9.31. The van der Waals surface area contributed by atoms with Crippen LogP contribution in [0.3, 0.4) is 0 Å². The Balaban J connectivity index is 2.49. The maximum atomic E-state index is 13.7. The maximum absolute atomic E-state index is 13.7. The lowest BCUT2D eigenvalue weighted by atomic mass is 9.99. The lowest BCUT2D eigenvalue weighted by Gasteiger charge is -2.13. The molecule has 0 radical (unpaired) electrons. The summed E-state index contributed by atoms with van der Waals surface area (Å²) in [5.41, 5.74) is 7.02. The fourth-order valence-corrected chi connectivity index (χ4v) is 3.20. The van der Waals surface area contributed by atoms with Crippen molar-refractivity contribution < 1.29 is 8.78 Å². The summed E-state index contributed by atoms with van der Waals surface area (Å²) in [5.74, 6) is -1.29. The van der Waals surface area contributed by atoms with Crippen LogP contribution >= 0.6 is 34.5 Å². The van der Waals surface area contributed by atoms with Gasteiger partial charge in [0.25, 0.3) is 0 Å². The van der Waals surface area contributed by atoms with Crippen molar-refractivity contribution in [1.82, 2.24) is 0 Å². The van der Waals surface area contributed by atoms with Crippen LogP contribution in [0.25, 0.3) is 0 Å². The lowest BCUT2D eigenvalue weighted by Crippen LogP contribution is -2.14. The Morgan fingerprint density at radius 1 is 1.11 bits per heavy atom. The van der Waals surface area contributed by atoms with E-state index in [4.69, 9.17) is 28.9 Å². The van der Waals surface area contributed by atoms with E-state index >= 15 is 0 Å². The molecule has 2 aromatic rings. The summed E-state index contributed by atoms with van der Waals surface area (Å²) < 4.78 is 27.8. The molecule has 1 atom stereocenters. The fraction of sp³-hybridized carbons (Fsp3) is 0.167. The molecule has 6 heteroatoms. The van der Waals surface area contributed by atoms with Crippen molar-refractivity contribution in [2.24, 2.45) is 5.73 Å². The average Bonchev–Trinajstić information content (AvgIpc) is 2.62. The van der Waals surface area contributed by atoms with E-state index in [9.17, 15) is 8.78 Å². The summed E-state index contributed by atoms with van der Waals surface area (Å²) in [6.07, 6.45) is 0.